The summed E-state index contributed by atoms with van der Waals surface area (Å²) in [5.41, 5.74) is 2.48. The third kappa shape index (κ3) is 4.03. The standard InChI is InChI=1S/C25H23N5O5/c1-34-15-4-5-16(21(12-15)35-2)14-3-6-18-17(11-14)25(33)30-10-7-19(22(30)24(32)28-18)29-23(31)20-13-26-8-9-27-20/h3-6,8-9,11-13,19,22H,7,10H2,1-2H3,(H,28,32)(H,29,31). The van der Waals surface area contributed by atoms with Crippen LogP contribution in [-0.2, 0) is 4.79 Å². The highest BCUT2D eigenvalue weighted by atomic mass is 16.5. The van der Waals surface area contributed by atoms with Crippen LogP contribution in [0.2, 0.25) is 0 Å². The number of benzene rings is 2. The third-order valence-electron chi connectivity index (χ3n) is 6.27. The van der Waals surface area contributed by atoms with Gasteiger partial charge in [-0.1, -0.05) is 6.07 Å². The number of amides is 3. The van der Waals surface area contributed by atoms with Crippen molar-refractivity contribution in [2.75, 3.05) is 26.1 Å². The van der Waals surface area contributed by atoms with Crippen LogP contribution in [0.3, 0.4) is 0 Å². The van der Waals surface area contributed by atoms with Crippen LogP contribution in [0.4, 0.5) is 5.69 Å². The van der Waals surface area contributed by atoms with Gasteiger partial charge in [0.25, 0.3) is 11.8 Å². The number of rotatable bonds is 5. The predicted octanol–water partition coefficient (Wildman–Crippen LogP) is 2.13. The lowest BCUT2D eigenvalue weighted by atomic mass is 10.00. The number of hydrogen-bond acceptors (Lipinski definition) is 7. The van der Waals surface area contributed by atoms with Gasteiger partial charge >= 0.3 is 0 Å². The first-order chi connectivity index (χ1) is 17.0. The summed E-state index contributed by atoms with van der Waals surface area (Å²) in [6.07, 6.45) is 4.69. The van der Waals surface area contributed by atoms with Crippen molar-refractivity contribution in [2.45, 2.75) is 18.5 Å². The molecule has 0 aliphatic carbocycles. The van der Waals surface area contributed by atoms with Gasteiger partial charge < -0.3 is 25.0 Å². The number of fused-ring (bicyclic) bond motifs is 2. The molecule has 3 amide bonds. The van der Waals surface area contributed by atoms with Crippen LogP contribution in [0.1, 0.15) is 27.3 Å². The minimum Gasteiger partial charge on any atom is -0.497 e. The first kappa shape index (κ1) is 22.3. The van der Waals surface area contributed by atoms with Crippen molar-refractivity contribution in [1.29, 1.82) is 0 Å². The van der Waals surface area contributed by atoms with Gasteiger partial charge in [-0.2, -0.15) is 0 Å². The molecule has 2 N–H and O–H groups in total. The Kier molecular flexibility index (Phi) is 5.77. The van der Waals surface area contributed by atoms with Gasteiger partial charge in [0.1, 0.15) is 23.2 Å². The highest BCUT2D eigenvalue weighted by Crippen LogP contribution is 2.37. The Labute approximate surface area is 201 Å². The molecule has 0 bridgehead atoms. The van der Waals surface area contributed by atoms with Gasteiger partial charge in [0.2, 0.25) is 5.91 Å². The van der Waals surface area contributed by atoms with Gasteiger partial charge in [0, 0.05) is 30.6 Å². The molecule has 2 unspecified atom stereocenters. The van der Waals surface area contributed by atoms with Gasteiger partial charge in [0.15, 0.2) is 0 Å². The van der Waals surface area contributed by atoms with E-state index in [9.17, 15) is 14.4 Å². The Morgan fingerprint density at radius 1 is 1.09 bits per heavy atom. The Morgan fingerprint density at radius 3 is 2.69 bits per heavy atom. The van der Waals surface area contributed by atoms with E-state index in [-0.39, 0.29) is 17.5 Å². The third-order valence-corrected chi connectivity index (χ3v) is 6.27. The number of nitrogens with one attached hydrogen (secondary N) is 2. The summed E-state index contributed by atoms with van der Waals surface area (Å²) >= 11 is 0. The molecule has 5 rings (SSSR count). The number of ether oxygens (including phenoxy) is 2. The normalized spacial score (nSPS) is 18.7. The van der Waals surface area contributed by atoms with Crippen molar-refractivity contribution in [1.82, 2.24) is 20.2 Å². The van der Waals surface area contributed by atoms with Gasteiger partial charge in [-0.15, -0.1) is 0 Å². The molecule has 1 fully saturated rings. The van der Waals surface area contributed by atoms with Crippen LogP contribution in [0.15, 0.2) is 55.0 Å². The summed E-state index contributed by atoms with van der Waals surface area (Å²) in [5.74, 6) is 0.169. The fourth-order valence-electron chi connectivity index (χ4n) is 4.55. The average molecular weight is 473 g/mol. The largest absolute Gasteiger partial charge is 0.497 e. The summed E-state index contributed by atoms with van der Waals surface area (Å²) in [4.78, 5) is 48.7. The molecule has 10 nitrogen and oxygen atoms in total. The minimum atomic E-state index is -0.838. The lowest BCUT2D eigenvalue weighted by Gasteiger charge is -2.24. The molecule has 35 heavy (non-hydrogen) atoms. The molecule has 0 saturated carbocycles. The van der Waals surface area contributed by atoms with Crippen molar-refractivity contribution < 1.29 is 23.9 Å². The smallest absolute Gasteiger partial charge is 0.271 e. The van der Waals surface area contributed by atoms with Gasteiger partial charge in [-0.05, 0) is 36.2 Å². The van der Waals surface area contributed by atoms with E-state index in [1.54, 1.807) is 32.4 Å². The van der Waals surface area contributed by atoms with E-state index in [1.165, 1.54) is 23.5 Å². The monoisotopic (exact) mass is 473 g/mol. The van der Waals surface area contributed by atoms with E-state index < -0.39 is 18.0 Å². The molecule has 1 aromatic heterocycles. The number of methoxy groups -OCH3 is 2. The van der Waals surface area contributed by atoms with Crippen LogP contribution in [0, 0.1) is 0 Å². The number of anilines is 1. The van der Waals surface area contributed by atoms with Crippen LogP contribution in [0.5, 0.6) is 11.5 Å². The summed E-state index contributed by atoms with van der Waals surface area (Å²) in [5, 5.41) is 5.70. The molecule has 10 heteroatoms. The lowest BCUT2D eigenvalue weighted by molar-refractivity contribution is -0.120. The average Bonchev–Trinajstić information content (AvgIpc) is 3.28. The Balaban J connectivity index is 1.44. The van der Waals surface area contributed by atoms with Crippen LogP contribution >= 0.6 is 0 Å². The lowest BCUT2D eigenvalue weighted by Crippen LogP contribution is -2.51. The molecular formula is C25H23N5O5. The number of carbonyl (C=O) groups excluding carboxylic acids is 3. The van der Waals surface area contributed by atoms with E-state index in [0.717, 1.165) is 11.1 Å². The topological polar surface area (TPSA) is 123 Å². The highest BCUT2D eigenvalue weighted by Gasteiger charge is 2.45. The second-order valence-electron chi connectivity index (χ2n) is 8.22. The molecule has 0 spiro atoms. The van der Waals surface area contributed by atoms with E-state index >= 15 is 0 Å². The van der Waals surface area contributed by atoms with Gasteiger partial charge in [-0.3, -0.25) is 19.4 Å². The van der Waals surface area contributed by atoms with Crippen molar-refractivity contribution in [3.63, 3.8) is 0 Å². The molecule has 2 aliphatic heterocycles. The quantitative estimate of drug-likeness (QED) is 0.582. The summed E-state index contributed by atoms with van der Waals surface area (Å²) in [7, 11) is 3.14. The zero-order valence-corrected chi connectivity index (χ0v) is 19.1. The molecule has 2 aliphatic rings. The molecule has 0 radical (unpaired) electrons. The molecule has 2 aromatic carbocycles. The fraction of sp³-hybridized carbons (Fsp3) is 0.240. The molecule has 2 atom stereocenters. The second-order valence-corrected chi connectivity index (χ2v) is 8.22. The number of aromatic nitrogens is 2. The first-order valence-corrected chi connectivity index (χ1v) is 11.1. The maximum atomic E-state index is 13.6. The molecule has 3 aromatic rings. The maximum absolute atomic E-state index is 13.6. The SMILES string of the molecule is COc1ccc(-c2ccc3c(c2)C(=O)N2CCC(NC(=O)c4cnccn4)C2C(=O)N3)c(OC)c1. The first-order valence-electron chi connectivity index (χ1n) is 11.1. The second kappa shape index (κ2) is 9.05. The predicted molar refractivity (Wildman–Crippen MR) is 126 cm³/mol. The van der Waals surface area contributed by atoms with Crippen LogP contribution in [-0.4, -0.2) is 65.4 Å². The van der Waals surface area contributed by atoms with Gasteiger partial charge in [-0.25, -0.2) is 4.98 Å². The molecule has 1 saturated heterocycles. The zero-order chi connectivity index (χ0) is 24.5. The van der Waals surface area contributed by atoms with Crippen LogP contribution in [0.25, 0.3) is 11.1 Å². The van der Waals surface area contributed by atoms with Crippen molar-refractivity contribution in [3.8, 4) is 22.6 Å². The van der Waals surface area contributed by atoms with E-state index in [1.807, 2.05) is 18.2 Å². The van der Waals surface area contributed by atoms with Crippen LogP contribution < -0.4 is 20.1 Å². The maximum Gasteiger partial charge on any atom is 0.271 e. The highest BCUT2D eigenvalue weighted by molar-refractivity contribution is 6.11. The van der Waals surface area contributed by atoms with E-state index in [2.05, 4.69) is 20.6 Å². The Bertz CT molecular complexity index is 1310. The summed E-state index contributed by atoms with van der Waals surface area (Å²) < 4.78 is 10.8. The summed E-state index contributed by atoms with van der Waals surface area (Å²) in [6, 6.07) is 9.32. The zero-order valence-electron chi connectivity index (χ0n) is 19.1. The molecular weight excluding hydrogens is 450 g/mol. The van der Waals surface area contributed by atoms with E-state index in [4.69, 9.17) is 9.47 Å². The number of carbonyl (C=O) groups is 3. The minimum absolute atomic E-state index is 0.146. The number of nitrogens with zero attached hydrogens (tertiary/aromatic N) is 3. The molecule has 3 heterocycles. The molecule has 178 valence electrons. The summed E-state index contributed by atoms with van der Waals surface area (Å²) in [6.45, 7) is 0.331. The van der Waals surface area contributed by atoms with Crippen molar-refractivity contribution >= 4 is 23.4 Å². The fourth-order valence-corrected chi connectivity index (χ4v) is 4.55. The van der Waals surface area contributed by atoms with Crippen molar-refractivity contribution in [3.05, 3.63) is 66.2 Å². The Morgan fingerprint density at radius 2 is 1.94 bits per heavy atom. The van der Waals surface area contributed by atoms with E-state index in [0.29, 0.717) is 35.7 Å². The van der Waals surface area contributed by atoms with Crippen molar-refractivity contribution in [2.24, 2.45) is 0 Å². The van der Waals surface area contributed by atoms with Gasteiger partial charge in [0.05, 0.1) is 37.7 Å². The number of hydrogen-bond donors (Lipinski definition) is 2. The Hall–Kier alpha value is -4.47.